The Labute approximate surface area is 86.0 Å². The number of carbonyl (C=O) groups is 2. The second kappa shape index (κ2) is 7.10. The first-order chi connectivity index (χ1) is 6.13. The van der Waals surface area contributed by atoms with Crippen molar-refractivity contribution >= 4 is 25.7 Å². The monoisotopic (exact) mass is 251 g/mol. The van der Waals surface area contributed by atoms with Gasteiger partial charge in [0.25, 0.3) is 0 Å². The van der Waals surface area contributed by atoms with Crippen molar-refractivity contribution in [1.82, 2.24) is 4.90 Å². The summed E-state index contributed by atoms with van der Waals surface area (Å²) in [4.78, 5) is 23.7. The Hall–Kier alpha value is -0.341. The van der Waals surface area contributed by atoms with Gasteiger partial charge in [-0.2, -0.15) is 0 Å². The molecule has 0 aliphatic rings. The Morgan fingerprint density at radius 1 is 1.31 bits per heavy atom. The maximum atomic E-state index is 11.4. The second-order valence-electron chi connectivity index (χ2n) is 2.77. The maximum absolute atomic E-state index is 11.4. The van der Waals surface area contributed by atoms with Gasteiger partial charge in [-0.1, -0.05) is 0 Å². The van der Waals surface area contributed by atoms with Crippen LogP contribution in [0.3, 0.4) is 0 Å². The molecular formula is C9H17NO2Se. The summed E-state index contributed by atoms with van der Waals surface area (Å²) in [6.45, 7) is 3.87. The van der Waals surface area contributed by atoms with E-state index in [-0.39, 0.29) is 25.7 Å². The van der Waals surface area contributed by atoms with Crippen LogP contribution in [0.25, 0.3) is 0 Å². The van der Waals surface area contributed by atoms with Crippen molar-refractivity contribution in [3.05, 3.63) is 0 Å². The molecule has 0 saturated carbocycles. The van der Waals surface area contributed by atoms with E-state index in [0.717, 1.165) is 18.2 Å². The first kappa shape index (κ1) is 12.7. The van der Waals surface area contributed by atoms with Gasteiger partial charge < -0.3 is 0 Å². The predicted octanol–water partition coefficient (Wildman–Crippen LogP) is 1.90. The molecule has 0 saturated heterocycles. The Kier molecular flexibility index (Phi) is 6.91. The van der Waals surface area contributed by atoms with Gasteiger partial charge in [0.05, 0.1) is 0 Å². The van der Waals surface area contributed by atoms with E-state index in [1.807, 2.05) is 0 Å². The van der Waals surface area contributed by atoms with Crippen molar-refractivity contribution in [2.24, 2.45) is 0 Å². The van der Waals surface area contributed by atoms with Crippen LogP contribution in [0.1, 0.15) is 33.1 Å². The van der Waals surface area contributed by atoms with Gasteiger partial charge in [-0.05, 0) is 0 Å². The molecule has 0 aromatic carbocycles. The number of nitrogens with zero attached hydrogens (tertiary/aromatic N) is 1. The molecule has 0 aliphatic carbocycles. The Bertz CT molecular complexity index is 182. The Morgan fingerprint density at radius 3 is 2.38 bits per heavy atom. The molecule has 3 nitrogen and oxygen atoms in total. The van der Waals surface area contributed by atoms with Crippen molar-refractivity contribution in [2.75, 3.05) is 7.05 Å². The van der Waals surface area contributed by atoms with Gasteiger partial charge in [-0.15, -0.1) is 0 Å². The van der Waals surface area contributed by atoms with E-state index in [2.05, 4.69) is 6.92 Å². The third kappa shape index (κ3) is 5.06. The van der Waals surface area contributed by atoms with Gasteiger partial charge in [0.15, 0.2) is 0 Å². The summed E-state index contributed by atoms with van der Waals surface area (Å²) in [5, 5.41) is 0.948. The summed E-state index contributed by atoms with van der Waals surface area (Å²) in [5.41, 5.74) is 0. The van der Waals surface area contributed by atoms with Crippen molar-refractivity contribution < 1.29 is 9.59 Å². The molecule has 0 rings (SSSR count). The molecule has 0 aromatic heterocycles. The van der Waals surface area contributed by atoms with Crippen LogP contribution in [0.2, 0.25) is 5.32 Å². The normalized spacial score (nSPS) is 9.77. The van der Waals surface area contributed by atoms with E-state index in [1.54, 1.807) is 14.0 Å². The number of hydrogen-bond acceptors (Lipinski definition) is 2. The van der Waals surface area contributed by atoms with Gasteiger partial charge in [-0.25, -0.2) is 0 Å². The third-order valence-electron chi connectivity index (χ3n) is 1.67. The van der Waals surface area contributed by atoms with Crippen molar-refractivity contribution in [2.45, 2.75) is 38.4 Å². The minimum atomic E-state index is -0.0802. The van der Waals surface area contributed by atoms with E-state index in [1.165, 1.54) is 4.90 Å². The van der Waals surface area contributed by atoms with Gasteiger partial charge in [0.1, 0.15) is 0 Å². The molecule has 0 atom stereocenters. The molecule has 0 fully saturated rings. The molecule has 0 bridgehead atoms. The SMILES string of the molecule is CCCC[Se]C(=O)N(C)C(=O)CC. The van der Waals surface area contributed by atoms with Gasteiger partial charge in [0, 0.05) is 0 Å². The standard InChI is InChI=1S/C9H17NO2Se/c1-4-6-7-13-9(12)10(3)8(11)5-2/h4-7H2,1-3H3. The zero-order chi connectivity index (χ0) is 10.3. The quantitative estimate of drug-likeness (QED) is 0.552. The molecule has 13 heavy (non-hydrogen) atoms. The van der Waals surface area contributed by atoms with E-state index in [9.17, 15) is 9.59 Å². The van der Waals surface area contributed by atoms with E-state index >= 15 is 0 Å². The van der Waals surface area contributed by atoms with Crippen LogP contribution < -0.4 is 0 Å². The van der Waals surface area contributed by atoms with E-state index < -0.39 is 0 Å². The molecule has 0 aliphatic heterocycles. The van der Waals surface area contributed by atoms with Crippen LogP contribution in [-0.4, -0.2) is 37.6 Å². The number of imide groups is 1. The summed E-state index contributed by atoms with van der Waals surface area (Å²) >= 11 is -0.0460. The van der Waals surface area contributed by atoms with Crippen LogP contribution in [0.4, 0.5) is 4.79 Å². The van der Waals surface area contributed by atoms with Crippen LogP contribution in [0, 0.1) is 0 Å². The molecule has 0 aromatic rings. The number of unbranched alkanes of at least 4 members (excludes halogenated alkanes) is 1. The van der Waals surface area contributed by atoms with E-state index in [0.29, 0.717) is 6.42 Å². The Balaban J connectivity index is 3.76. The summed E-state index contributed by atoms with van der Waals surface area (Å²) in [6, 6.07) is 0. The van der Waals surface area contributed by atoms with E-state index in [4.69, 9.17) is 0 Å². The molecule has 0 N–H and O–H groups in total. The van der Waals surface area contributed by atoms with Gasteiger partial charge in [0.2, 0.25) is 0 Å². The van der Waals surface area contributed by atoms with Crippen molar-refractivity contribution in [3.8, 4) is 0 Å². The van der Waals surface area contributed by atoms with Crippen LogP contribution in [0.5, 0.6) is 0 Å². The first-order valence-electron chi connectivity index (χ1n) is 4.56. The van der Waals surface area contributed by atoms with Crippen LogP contribution in [-0.2, 0) is 4.79 Å². The van der Waals surface area contributed by atoms with Crippen LogP contribution in [0.15, 0.2) is 0 Å². The average Bonchev–Trinajstić information content (AvgIpc) is 2.15. The molecular weight excluding hydrogens is 233 g/mol. The summed E-state index contributed by atoms with van der Waals surface area (Å²) < 4.78 is 0. The fraction of sp³-hybridized carbons (Fsp3) is 0.778. The molecule has 0 radical (unpaired) electrons. The zero-order valence-corrected chi connectivity index (χ0v) is 10.2. The molecule has 0 spiro atoms. The number of amides is 2. The molecule has 76 valence electrons. The Morgan fingerprint density at radius 2 is 1.92 bits per heavy atom. The first-order valence-corrected chi connectivity index (χ1v) is 6.63. The van der Waals surface area contributed by atoms with Crippen molar-refractivity contribution in [3.63, 3.8) is 0 Å². The van der Waals surface area contributed by atoms with Crippen LogP contribution >= 0.6 is 0 Å². The minimum absolute atomic E-state index is 0.00722. The predicted molar refractivity (Wildman–Crippen MR) is 53.9 cm³/mol. The average molecular weight is 250 g/mol. The second-order valence-corrected chi connectivity index (χ2v) is 4.97. The summed E-state index contributed by atoms with van der Waals surface area (Å²) in [7, 11) is 1.57. The molecule has 0 unspecified atom stereocenters. The summed E-state index contributed by atoms with van der Waals surface area (Å²) in [5.74, 6) is -0.0802. The zero-order valence-electron chi connectivity index (χ0n) is 8.50. The fourth-order valence-electron chi connectivity index (χ4n) is 0.740. The molecule has 0 heterocycles. The molecule has 2 amide bonds. The topological polar surface area (TPSA) is 37.4 Å². The molecule has 4 heteroatoms. The van der Waals surface area contributed by atoms with Gasteiger partial charge in [-0.3, -0.25) is 0 Å². The number of hydrogen-bond donors (Lipinski definition) is 0. The number of rotatable bonds is 5. The fourth-order valence-corrected chi connectivity index (χ4v) is 2.63. The van der Waals surface area contributed by atoms with Crippen molar-refractivity contribution in [1.29, 1.82) is 0 Å². The third-order valence-corrected chi connectivity index (χ3v) is 3.80. The summed E-state index contributed by atoms with van der Waals surface area (Å²) in [6.07, 6.45) is 2.60. The number of carbonyl (C=O) groups excluding carboxylic acids is 2. The van der Waals surface area contributed by atoms with Gasteiger partial charge >= 0.3 is 85.6 Å².